The number of aryl methyl sites for hydroxylation is 1. The lowest BCUT2D eigenvalue weighted by Crippen LogP contribution is -1.99. The number of carbonyl (C=O) groups is 1. The van der Waals surface area contributed by atoms with Crippen molar-refractivity contribution < 1.29 is 9.90 Å². The molecule has 0 bridgehead atoms. The summed E-state index contributed by atoms with van der Waals surface area (Å²) in [5, 5.41) is 10.2. The molecule has 1 heterocycles. The van der Waals surface area contributed by atoms with Gasteiger partial charge in [-0.25, -0.2) is 9.78 Å². The molecule has 0 saturated carbocycles. The van der Waals surface area contributed by atoms with Gasteiger partial charge in [-0.15, -0.1) is 11.3 Å². The molecule has 0 aliphatic heterocycles. The molecule has 2 rings (SSSR count). The minimum atomic E-state index is -0.952. The second-order valence-corrected chi connectivity index (χ2v) is 6.20. The molecular weight excluding hydrogens is 270 g/mol. The van der Waals surface area contributed by atoms with E-state index in [2.05, 4.69) is 37.9 Å². The lowest BCUT2D eigenvalue weighted by molar-refractivity contribution is 0.0692. The zero-order valence-electron chi connectivity index (χ0n) is 12.0. The van der Waals surface area contributed by atoms with E-state index in [1.165, 1.54) is 16.9 Å². The van der Waals surface area contributed by atoms with Crippen molar-refractivity contribution in [1.29, 1.82) is 0 Å². The van der Waals surface area contributed by atoms with Crippen LogP contribution in [0.25, 0.3) is 10.4 Å². The normalized spacial score (nSPS) is 11.0. The molecule has 20 heavy (non-hydrogen) atoms. The summed E-state index contributed by atoms with van der Waals surface area (Å²) in [6, 6.07) is 8.10. The number of aromatic carboxylic acids is 1. The SMILES string of the molecule is CCCc1nc(C(=O)O)c(-c2ccc(C(C)C)cc2)s1. The highest BCUT2D eigenvalue weighted by molar-refractivity contribution is 7.15. The molecule has 0 aliphatic carbocycles. The minimum Gasteiger partial charge on any atom is -0.476 e. The van der Waals surface area contributed by atoms with Gasteiger partial charge in [0.2, 0.25) is 0 Å². The van der Waals surface area contributed by atoms with E-state index in [9.17, 15) is 9.90 Å². The lowest BCUT2D eigenvalue weighted by atomic mass is 10.0. The van der Waals surface area contributed by atoms with Crippen molar-refractivity contribution in [2.24, 2.45) is 0 Å². The molecule has 0 fully saturated rings. The summed E-state index contributed by atoms with van der Waals surface area (Å²) in [4.78, 5) is 16.3. The van der Waals surface area contributed by atoms with Crippen molar-refractivity contribution in [3.63, 3.8) is 0 Å². The fourth-order valence-corrected chi connectivity index (χ4v) is 3.21. The Morgan fingerprint density at radius 2 is 1.95 bits per heavy atom. The van der Waals surface area contributed by atoms with E-state index in [4.69, 9.17) is 0 Å². The molecule has 0 spiro atoms. The Morgan fingerprint density at radius 1 is 1.30 bits per heavy atom. The van der Waals surface area contributed by atoms with Crippen LogP contribution in [0.3, 0.4) is 0 Å². The molecule has 2 aromatic rings. The summed E-state index contributed by atoms with van der Waals surface area (Å²) in [5.74, 6) is -0.480. The predicted octanol–water partition coefficient (Wildman–Crippen LogP) is 4.58. The molecule has 4 heteroatoms. The van der Waals surface area contributed by atoms with E-state index < -0.39 is 5.97 Å². The van der Waals surface area contributed by atoms with Gasteiger partial charge in [-0.3, -0.25) is 0 Å². The smallest absolute Gasteiger partial charge is 0.356 e. The second kappa shape index (κ2) is 6.18. The number of carboxylic acid groups (broad SMARTS) is 1. The van der Waals surface area contributed by atoms with Crippen LogP contribution in [0.2, 0.25) is 0 Å². The van der Waals surface area contributed by atoms with E-state index in [1.54, 1.807) is 0 Å². The molecule has 0 saturated heterocycles. The maximum Gasteiger partial charge on any atom is 0.356 e. The number of aromatic nitrogens is 1. The fourth-order valence-electron chi connectivity index (χ4n) is 2.05. The second-order valence-electron chi connectivity index (χ2n) is 5.12. The van der Waals surface area contributed by atoms with Crippen molar-refractivity contribution in [3.05, 3.63) is 40.5 Å². The van der Waals surface area contributed by atoms with E-state index in [-0.39, 0.29) is 5.69 Å². The van der Waals surface area contributed by atoms with Gasteiger partial charge in [0.25, 0.3) is 0 Å². The van der Waals surface area contributed by atoms with Crippen LogP contribution in [-0.4, -0.2) is 16.1 Å². The van der Waals surface area contributed by atoms with E-state index in [1.807, 2.05) is 12.1 Å². The summed E-state index contributed by atoms with van der Waals surface area (Å²) in [6.45, 7) is 6.35. The van der Waals surface area contributed by atoms with Crippen molar-refractivity contribution in [3.8, 4) is 10.4 Å². The van der Waals surface area contributed by atoms with E-state index >= 15 is 0 Å². The van der Waals surface area contributed by atoms with Gasteiger partial charge in [0.15, 0.2) is 5.69 Å². The van der Waals surface area contributed by atoms with Crippen molar-refractivity contribution in [2.45, 2.75) is 39.5 Å². The third-order valence-electron chi connectivity index (χ3n) is 3.18. The van der Waals surface area contributed by atoms with Crippen LogP contribution in [0.5, 0.6) is 0 Å². The van der Waals surface area contributed by atoms with Crippen molar-refractivity contribution >= 4 is 17.3 Å². The molecular formula is C16H19NO2S. The first kappa shape index (κ1) is 14.7. The van der Waals surface area contributed by atoms with Crippen LogP contribution < -0.4 is 0 Å². The first-order valence-corrected chi connectivity index (χ1v) is 7.68. The maximum absolute atomic E-state index is 11.3. The third-order valence-corrected chi connectivity index (χ3v) is 4.34. The molecule has 0 amide bonds. The van der Waals surface area contributed by atoms with Crippen LogP contribution in [0.15, 0.2) is 24.3 Å². The largest absolute Gasteiger partial charge is 0.476 e. The molecule has 0 aliphatic rings. The van der Waals surface area contributed by atoms with E-state index in [0.29, 0.717) is 5.92 Å². The number of hydrogen-bond acceptors (Lipinski definition) is 3. The van der Waals surface area contributed by atoms with Crippen LogP contribution >= 0.6 is 11.3 Å². The highest BCUT2D eigenvalue weighted by Gasteiger charge is 2.18. The van der Waals surface area contributed by atoms with Crippen LogP contribution in [0.1, 0.15) is 54.2 Å². The fraction of sp³-hybridized carbons (Fsp3) is 0.375. The van der Waals surface area contributed by atoms with Crippen LogP contribution in [0, 0.1) is 0 Å². The molecule has 1 N–H and O–H groups in total. The Morgan fingerprint density at radius 3 is 2.45 bits per heavy atom. The number of carboxylic acids is 1. The summed E-state index contributed by atoms with van der Waals surface area (Å²) in [6.07, 6.45) is 1.80. The molecule has 1 aromatic carbocycles. The Kier molecular flexibility index (Phi) is 4.55. The van der Waals surface area contributed by atoms with Gasteiger partial charge in [-0.2, -0.15) is 0 Å². The molecule has 106 valence electrons. The number of rotatable bonds is 5. The van der Waals surface area contributed by atoms with Crippen LogP contribution in [0.4, 0.5) is 0 Å². The zero-order valence-corrected chi connectivity index (χ0v) is 12.8. The van der Waals surface area contributed by atoms with E-state index in [0.717, 1.165) is 28.3 Å². The number of nitrogens with zero attached hydrogens (tertiary/aromatic N) is 1. The van der Waals surface area contributed by atoms with Gasteiger partial charge in [-0.05, 0) is 29.9 Å². The van der Waals surface area contributed by atoms with Gasteiger partial charge >= 0.3 is 5.97 Å². The quantitative estimate of drug-likeness (QED) is 0.876. The van der Waals surface area contributed by atoms with Crippen LogP contribution in [-0.2, 0) is 6.42 Å². The zero-order chi connectivity index (χ0) is 14.7. The lowest BCUT2D eigenvalue weighted by Gasteiger charge is -2.06. The molecule has 0 radical (unpaired) electrons. The first-order valence-electron chi connectivity index (χ1n) is 6.86. The standard InChI is InChI=1S/C16H19NO2S/c1-4-5-13-17-14(16(18)19)15(20-13)12-8-6-11(7-9-12)10(2)3/h6-10H,4-5H2,1-3H3,(H,18,19). The summed E-state index contributed by atoms with van der Waals surface area (Å²) in [7, 11) is 0. The Labute approximate surface area is 123 Å². The highest BCUT2D eigenvalue weighted by Crippen LogP contribution is 2.32. The van der Waals surface area contributed by atoms with Gasteiger partial charge < -0.3 is 5.11 Å². The molecule has 0 atom stereocenters. The van der Waals surface area contributed by atoms with Gasteiger partial charge in [-0.1, -0.05) is 45.0 Å². The van der Waals surface area contributed by atoms with Gasteiger partial charge in [0, 0.05) is 0 Å². The predicted molar refractivity (Wildman–Crippen MR) is 82.6 cm³/mol. The molecule has 3 nitrogen and oxygen atoms in total. The number of thiazole rings is 1. The topological polar surface area (TPSA) is 50.2 Å². The molecule has 1 aromatic heterocycles. The summed E-state index contributed by atoms with van der Waals surface area (Å²) in [5.41, 5.74) is 2.37. The van der Waals surface area contributed by atoms with Gasteiger partial charge in [0.05, 0.1) is 9.88 Å². The summed E-state index contributed by atoms with van der Waals surface area (Å²) < 4.78 is 0. The molecule has 0 unspecified atom stereocenters. The number of benzene rings is 1. The maximum atomic E-state index is 11.3. The third kappa shape index (κ3) is 3.07. The number of hydrogen-bond donors (Lipinski definition) is 1. The Hall–Kier alpha value is -1.68. The van der Waals surface area contributed by atoms with Crippen molar-refractivity contribution in [1.82, 2.24) is 4.98 Å². The highest BCUT2D eigenvalue weighted by atomic mass is 32.1. The monoisotopic (exact) mass is 289 g/mol. The van der Waals surface area contributed by atoms with Crippen molar-refractivity contribution in [2.75, 3.05) is 0 Å². The summed E-state index contributed by atoms with van der Waals surface area (Å²) >= 11 is 1.49. The van der Waals surface area contributed by atoms with Gasteiger partial charge in [0.1, 0.15) is 0 Å². The Balaban J connectivity index is 2.42. The minimum absolute atomic E-state index is 0.177. The first-order chi connectivity index (χ1) is 9.52. The average molecular weight is 289 g/mol. The Bertz CT molecular complexity index is 599. The average Bonchev–Trinajstić information content (AvgIpc) is 2.83.